The van der Waals surface area contributed by atoms with Crippen LogP contribution in [-0.4, -0.2) is 11.9 Å². The van der Waals surface area contributed by atoms with Crippen molar-refractivity contribution in [3.8, 4) is 0 Å². The standard InChI is InChI=1S/C6H9O2S/c1-3-5(2)4-8-6(7)9/h3H,4H2,1-2H3/b5-3+. The number of carbonyl (C=O) groups excluding carboxylic acids is 1. The molecule has 0 saturated heterocycles. The monoisotopic (exact) mass is 145 g/mol. The van der Waals surface area contributed by atoms with E-state index >= 15 is 0 Å². The maximum Gasteiger partial charge on any atom is 0.400 e. The number of ether oxygens (including phenoxy) is 1. The Kier molecular flexibility index (Phi) is 4.05. The fraction of sp³-hybridized carbons (Fsp3) is 0.500. The second-order valence-electron chi connectivity index (χ2n) is 1.67. The van der Waals surface area contributed by atoms with Crippen molar-refractivity contribution in [1.82, 2.24) is 0 Å². The van der Waals surface area contributed by atoms with Crippen LogP contribution in [0.1, 0.15) is 13.8 Å². The predicted molar refractivity (Wildman–Crippen MR) is 38.4 cm³/mol. The summed E-state index contributed by atoms with van der Waals surface area (Å²) in [5.41, 5.74) is 1.01. The molecule has 0 rings (SSSR count). The first kappa shape index (κ1) is 8.43. The Morgan fingerprint density at radius 3 is 2.67 bits per heavy atom. The average molecular weight is 145 g/mol. The second-order valence-corrected chi connectivity index (χ2v) is 2.01. The van der Waals surface area contributed by atoms with Crippen molar-refractivity contribution < 1.29 is 9.53 Å². The molecule has 3 heteroatoms. The van der Waals surface area contributed by atoms with Crippen LogP contribution in [0.3, 0.4) is 0 Å². The van der Waals surface area contributed by atoms with E-state index in [4.69, 9.17) is 0 Å². The van der Waals surface area contributed by atoms with Gasteiger partial charge in [-0.05, 0) is 19.4 Å². The van der Waals surface area contributed by atoms with Crippen LogP contribution in [0, 0.1) is 0 Å². The van der Waals surface area contributed by atoms with Gasteiger partial charge in [-0.25, -0.2) is 4.79 Å². The molecule has 0 aliphatic heterocycles. The summed E-state index contributed by atoms with van der Waals surface area (Å²) in [4.78, 5) is 10.0. The molecule has 0 fully saturated rings. The van der Waals surface area contributed by atoms with Crippen LogP contribution in [0.2, 0.25) is 0 Å². The van der Waals surface area contributed by atoms with Gasteiger partial charge in [0.05, 0.1) is 0 Å². The Bertz CT molecular complexity index is 129. The Labute approximate surface area is 60.3 Å². The summed E-state index contributed by atoms with van der Waals surface area (Å²) in [6.07, 6.45) is 1.87. The van der Waals surface area contributed by atoms with Crippen LogP contribution in [-0.2, 0) is 4.74 Å². The van der Waals surface area contributed by atoms with Gasteiger partial charge in [0.2, 0.25) is 0 Å². The zero-order chi connectivity index (χ0) is 7.28. The third-order valence-corrected chi connectivity index (χ3v) is 1.03. The van der Waals surface area contributed by atoms with E-state index in [1.807, 2.05) is 19.9 Å². The molecule has 2 nitrogen and oxygen atoms in total. The lowest BCUT2D eigenvalue weighted by atomic mass is 10.3. The Morgan fingerprint density at radius 1 is 1.78 bits per heavy atom. The number of rotatable bonds is 2. The van der Waals surface area contributed by atoms with Gasteiger partial charge in [0.25, 0.3) is 0 Å². The van der Waals surface area contributed by atoms with E-state index in [9.17, 15) is 4.79 Å². The Hall–Kier alpha value is -0.570. The highest BCUT2D eigenvalue weighted by Crippen LogP contribution is 1.94. The zero-order valence-electron chi connectivity index (χ0n) is 5.51. The average Bonchev–Trinajstić information content (AvgIpc) is 1.83. The maximum absolute atomic E-state index is 10.0. The molecule has 0 unspecified atom stereocenters. The van der Waals surface area contributed by atoms with Gasteiger partial charge in [0, 0.05) is 12.6 Å². The lowest BCUT2D eigenvalue weighted by Gasteiger charge is -1.97. The molecule has 51 valence electrons. The van der Waals surface area contributed by atoms with Crippen LogP contribution < -0.4 is 0 Å². The van der Waals surface area contributed by atoms with Gasteiger partial charge in [-0.3, -0.25) is 0 Å². The first-order chi connectivity index (χ1) is 4.16. The van der Waals surface area contributed by atoms with Crippen LogP contribution in [0.5, 0.6) is 0 Å². The SMILES string of the molecule is C/C=C(\C)COC(=O)[S]. The second kappa shape index (κ2) is 4.32. The summed E-state index contributed by atoms with van der Waals surface area (Å²) in [6.45, 7) is 4.07. The quantitative estimate of drug-likeness (QED) is 0.440. The molecule has 1 radical (unpaired) electrons. The third-order valence-electron chi connectivity index (χ3n) is 0.910. The fourth-order valence-electron chi connectivity index (χ4n) is 0.256. The van der Waals surface area contributed by atoms with E-state index in [1.54, 1.807) is 0 Å². The van der Waals surface area contributed by atoms with Crippen LogP contribution in [0.25, 0.3) is 0 Å². The molecule has 0 aromatic carbocycles. The smallest absolute Gasteiger partial charge is 0.400 e. The highest BCUT2D eigenvalue weighted by Gasteiger charge is 1.93. The van der Waals surface area contributed by atoms with E-state index < -0.39 is 5.30 Å². The fourth-order valence-corrected chi connectivity index (χ4v) is 0.315. The molecule has 0 aliphatic rings. The molecule has 0 aromatic heterocycles. The largest absolute Gasteiger partial charge is 0.450 e. The van der Waals surface area contributed by atoms with Gasteiger partial charge in [0.1, 0.15) is 6.61 Å². The molecule has 0 aliphatic carbocycles. The molecule has 0 spiro atoms. The minimum Gasteiger partial charge on any atom is -0.450 e. The lowest BCUT2D eigenvalue weighted by molar-refractivity contribution is 0.185. The summed E-state index contributed by atoms with van der Waals surface area (Å²) >= 11 is 4.16. The summed E-state index contributed by atoms with van der Waals surface area (Å²) < 4.78 is 4.50. The molecule has 0 saturated carbocycles. The molecule has 0 atom stereocenters. The van der Waals surface area contributed by atoms with Crippen molar-refractivity contribution in [2.45, 2.75) is 13.8 Å². The highest BCUT2D eigenvalue weighted by molar-refractivity contribution is 7.96. The van der Waals surface area contributed by atoms with E-state index in [0.717, 1.165) is 5.57 Å². The van der Waals surface area contributed by atoms with Gasteiger partial charge < -0.3 is 4.74 Å². The van der Waals surface area contributed by atoms with Crippen molar-refractivity contribution in [2.24, 2.45) is 0 Å². The van der Waals surface area contributed by atoms with E-state index in [2.05, 4.69) is 17.4 Å². The number of hydrogen-bond acceptors (Lipinski definition) is 2. The van der Waals surface area contributed by atoms with Crippen LogP contribution in [0.4, 0.5) is 4.79 Å². The van der Waals surface area contributed by atoms with Crippen molar-refractivity contribution in [3.05, 3.63) is 11.6 Å². The zero-order valence-corrected chi connectivity index (χ0v) is 6.33. The van der Waals surface area contributed by atoms with Crippen molar-refractivity contribution in [3.63, 3.8) is 0 Å². The van der Waals surface area contributed by atoms with E-state index in [-0.39, 0.29) is 0 Å². The molecule has 0 N–H and O–H groups in total. The minimum atomic E-state index is -0.642. The molecule has 0 bridgehead atoms. The molecule has 9 heavy (non-hydrogen) atoms. The number of allylic oxidation sites excluding steroid dienone is 1. The minimum absolute atomic E-state index is 0.318. The number of hydrogen-bond donors (Lipinski definition) is 0. The molecular formula is C6H9O2S. The van der Waals surface area contributed by atoms with Gasteiger partial charge in [-0.1, -0.05) is 6.08 Å². The van der Waals surface area contributed by atoms with Gasteiger partial charge in [-0.15, -0.1) is 0 Å². The summed E-state index contributed by atoms with van der Waals surface area (Å²) in [6, 6.07) is 0. The van der Waals surface area contributed by atoms with Gasteiger partial charge >= 0.3 is 5.30 Å². The number of carbonyl (C=O) groups is 1. The van der Waals surface area contributed by atoms with Crippen molar-refractivity contribution in [2.75, 3.05) is 6.61 Å². The molecule has 0 heterocycles. The Balaban J connectivity index is 3.39. The van der Waals surface area contributed by atoms with Crippen molar-refractivity contribution in [1.29, 1.82) is 0 Å². The summed E-state index contributed by atoms with van der Waals surface area (Å²) in [7, 11) is 0. The highest BCUT2D eigenvalue weighted by atomic mass is 32.1. The maximum atomic E-state index is 10.0. The predicted octanol–water partition coefficient (Wildman–Crippen LogP) is 2.29. The van der Waals surface area contributed by atoms with Crippen LogP contribution in [0.15, 0.2) is 11.6 Å². The molecule has 0 amide bonds. The Morgan fingerprint density at radius 2 is 2.33 bits per heavy atom. The normalized spacial score (nSPS) is 11.1. The van der Waals surface area contributed by atoms with Gasteiger partial charge in [0.15, 0.2) is 0 Å². The molecule has 0 aromatic rings. The van der Waals surface area contributed by atoms with E-state index in [1.165, 1.54) is 0 Å². The third kappa shape index (κ3) is 5.30. The summed E-state index contributed by atoms with van der Waals surface area (Å²) in [5, 5.41) is -0.642. The van der Waals surface area contributed by atoms with Crippen LogP contribution >= 0.6 is 12.6 Å². The first-order valence-corrected chi connectivity index (χ1v) is 3.03. The van der Waals surface area contributed by atoms with E-state index in [0.29, 0.717) is 6.61 Å². The first-order valence-electron chi connectivity index (χ1n) is 2.62. The summed E-state index contributed by atoms with van der Waals surface area (Å²) in [5.74, 6) is 0. The van der Waals surface area contributed by atoms with Crippen molar-refractivity contribution >= 4 is 17.9 Å². The molecular weight excluding hydrogens is 136 g/mol. The van der Waals surface area contributed by atoms with Gasteiger partial charge in [-0.2, -0.15) is 0 Å². The topological polar surface area (TPSA) is 26.3 Å². The lowest BCUT2D eigenvalue weighted by Crippen LogP contribution is -1.96.